The van der Waals surface area contributed by atoms with E-state index in [0.717, 1.165) is 32.0 Å². The molecule has 2 N–H and O–H groups in total. The highest BCUT2D eigenvalue weighted by atomic mass is 16.6. The van der Waals surface area contributed by atoms with Crippen LogP contribution in [0.5, 0.6) is 0 Å². The number of aromatic nitrogens is 1. The van der Waals surface area contributed by atoms with Crippen LogP contribution < -0.4 is 10.2 Å². The van der Waals surface area contributed by atoms with Gasteiger partial charge < -0.3 is 10.2 Å². The Morgan fingerprint density at radius 2 is 2.13 bits per heavy atom. The number of piperazine rings is 1. The van der Waals surface area contributed by atoms with Gasteiger partial charge >= 0.3 is 0 Å². The van der Waals surface area contributed by atoms with Gasteiger partial charge in [0.2, 0.25) is 0 Å². The first kappa shape index (κ1) is 9.85. The Balaban J connectivity index is 2.11. The number of nitrogens with two attached hydrogens (primary N) is 1. The topological polar surface area (TPSA) is 75.9 Å². The van der Waals surface area contributed by atoms with Crippen LogP contribution in [0.3, 0.4) is 0 Å². The van der Waals surface area contributed by atoms with Crippen molar-refractivity contribution in [1.82, 2.24) is 4.98 Å². The van der Waals surface area contributed by atoms with Gasteiger partial charge in [-0.2, -0.15) is 0 Å². The van der Waals surface area contributed by atoms with Crippen LogP contribution in [0.2, 0.25) is 0 Å². The molecule has 0 spiro atoms. The summed E-state index contributed by atoms with van der Waals surface area (Å²) in [7, 11) is 0. The zero-order valence-electron chi connectivity index (χ0n) is 8.30. The minimum Gasteiger partial charge on any atom is -0.345 e. The summed E-state index contributed by atoms with van der Waals surface area (Å²) in [5, 5.41) is 12.7. The maximum Gasteiger partial charge on any atom is 0.287 e. The number of pyridine rings is 1. The second-order valence-corrected chi connectivity index (χ2v) is 3.48. The fourth-order valence-electron chi connectivity index (χ4n) is 1.65. The number of rotatable bonds is 2. The molecule has 1 aromatic rings. The number of anilines is 1. The summed E-state index contributed by atoms with van der Waals surface area (Å²) in [4.78, 5) is 16.2. The molecule has 1 fully saturated rings. The number of hydrogen-bond acceptors (Lipinski definition) is 4. The molecule has 80 valence electrons. The third-order valence-electron chi connectivity index (χ3n) is 2.47. The minimum absolute atomic E-state index is 0.0438. The lowest BCUT2D eigenvalue weighted by atomic mass is 10.3. The van der Waals surface area contributed by atoms with Crippen LogP contribution in [0.4, 0.5) is 11.5 Å². The van der Waals surface area contributed by atoms with Gasteiger partial charge in [0, 0.05) is 6.07 Å². The van der Waals surface area contributed by atoms with E-state index in [-0.39, 0.29) is 5.69 Å². The third-order valence-corrected chi connectivity index (χ3v) is 2.47. The maximum absolute atomic E-state index is 10.4. The minimum atomic E-state index is -0.430. The first-order chi connectivity index (χ1) is 7.27. The van der Waals surface area contributed by atoms with Gasteiger partial charge in [-0.05, 0) is 6.07 Å². The summed E-state index contributed by atoms with van der Waals surface area (Å²) in [6.45, 7) is 4.01. The van der Waals surface area contributed by atoms with E-state index in [1.54, 1.807) is 6.07 Å². The van der Waals surface area contributed by atoms with E-state index < -0.39 is 4.92 Å². The van der Waals surface area contributed by atoms with Crippen LogP contribution >= 0.6 is 0 Å². The molecule has 0 atom stereocenters. The van der Waals surface area contributed by atoms with Crippen molar-refractivity contribution in [3.63, 3.8) is 0 Å². The molecule has 6 heteroatoms. The summed E-state index contributed by atoms with van der Waals surface area (Å²) in [6, 6.07) is 3.21. The smallest absolute Gasteiger partial charge is 0.287 e. The van der Waals surface area contributed by atoms with Gasteiger partial charge in [-0.1, -0.05) is 0 Å². The van der Waals surface area contributed by atoms with Gasteiger partial charge in [0.05, 0.1) is 31.1 Å². The van der Waals surface area contributed by atoms with Crippen LogP contribution in [0.25, 0.3) is 0 Å². The third kappa shape index (κ3) is 2.21. The molecular weight excluding hydrogens is 196 g/mol. The summed E-state index contributed by atoms with van der Waals surface area (Å²) < 4.78 is 0. The monoisotopic (exact) mass is 209 g/mol. The van der Waals surface area contributed by atoms with E-state index >= 15 is 0 Å². The van der Waals surface area contributed by atoms with Crippen molar-refractivity contribution >= 4 is 11.5 Å². The molecule has 2 heterocycles. The second kappa shape index (κ2) is 4.22. The molecule has 0 saturated carbocycles. The standard InChI is InChI=1S/C9H12N4O2/c14-13(15)8-1-2-9(11-7-8)12-5-3-10-4-6-12/h1-2,7,10H,3-6H2/p+1. The fourth-order valence-corrected chi connectivity index (χ4v) is 1.65. The van der Waals surface area contributed by atoms with E-state index in [0.29, 0.717) is 0 Å². The van der Waals surface area contributed by atoms with Crippen molar-refractivity contribution in [3.05, 3.63) is 28.4 Å². The largest absolute Gasteiger partial charge is 0.345 e. The van der Waals surface area contributed by atoms with Gasteiger partial charge in [0.1, 0.15) is 12.0 Å². The van der Waals surface area contributed by atoms with Crippen LogP contribution in [-0.4, -0.2) is 36.1 Å². The van der Waals surface area contributed by atoms with Crippen LogP contribution in [0, 0.1) is 10.1 Å². The number of nitro groups is 1. The Morgan fingerprint density at radius 3 is 2.67 bits per heavy atom. The van der Waals surface area contributed by atoms with Crippen molar-refractivity contribution in [1.29, 1.82) is 0 Å². The second-order valence-electron chi connectivity index (χ2n) is 3.48. The van der Waals surface area contributed by atoms with Crippen molar-refractivity contribution in [2.24, 2.45) is 0 Å². The predicted molar refractivity (Wildman–Crippen MR) is 54.8 cm³/mol. The average molecular weight is 209 g/mol. The van der Waals surface area contributed by atoms with Gasteiger partial charge in [0.25, 0.3) is 5.69 Å². The Kier molecular flexibility index (Phi) is 2.77. The highest BCUT2D eigenvalue weighted by molar-refractivity contribution is 5.42. The Hall–Kier alpha value is -1.69. The van der Waals surface area contributed by atoms with Gasteiger partial charge in [-0.3, -0.25) is 10.1 Å². The van der Waals surface area contributed by atoms with E-state index in [9.17, 15) is 10.1 Å². The summed E-state index contributed by atoms with van der Waals surface area (Å²) >= 11 is 0. The number of nitrogens with zero attached hydrogens (tertiary/aromatic N) is 3. The molecule has 1 saturated heterocycles. The molecule has 2 rings (SSSR count). The van der Waals surface area contributed by atoms with Gasteiger partial charge in [0.15, 0.2) is 0 Å². The lowest BCUT2D eigenvalue weighted by Gasteiger charge is -2.25. The average Bonchev–Trinajstić information content (AvgIpc) is 2.30. The highest BCUT2D eigenvalue weighted by Gasteiger charge is 2.14. The predicted octanol–water partition coefficient (Wildman–Crippen LogP) is -0.627. The summed E-state index contributed by atoms with van der Waals surface area (Å²) in [6.07, 6.45) is 1.31. The molecule has 0 amide bonds. The van der Waals surface area contributed by atoms with E-state index in [1.807, 2.05) is 0 Å². The molecule has 0 aromatic carbocycles. The zero-order chi connectivity index (χ0) is 10.7. The van der Waals surface area contributed by atoms with Crippen LogP contribution in [0.1, 0.15) is 0 Å². The van der Waals surface area contributed by atoms with Crippen molar-refractivity contribution in [3.8, 4) is 0 Å². The lowest BCUT2D eigenvalue weighted by molar-refractivity contribution is -0.655. The molecule has 1 aliphatic heterocycles. The normalized spacial score (nSPS) is 16.4. The molecule has 6 nitrogen and oxygen atoms in total. The first-order valence-corrected chi connectivity index (χ1v) is 4.94. The van der Waals surface area contributed by atoms with Crippen LogP contribution in [-0.2, 0) is 0 Å². The Bertz CT molecular complexity index is 346. The van der Waals surface area contributed by atoms with E-state index in [4.69, 9.17) is 0 Å². The molecule has 1 aliphatic rings. The first-order valence-electron chi connectivity index (χ1n) is 4.94. The van der Waals surface area contributed by atoms with Crippen molar-refractivity contribution in [2.75, 3.05) is 31.1 Å². The molecule has 0 unspecified atom stereocenters. The quantitative estimate of drug-likeness (QED) is 0.520. The number of hydrogen-bond donors (Lipinski definition) is 1. The molecule has 1 aromatic heterocycles. The van der Waals surface area contributed by atoms with Crippen molar-refractivity contribution < 1.29 is 10.2 Å². The molecular formula is C9H13N4O2+. The number of quaternary nitrogens is 1. The maximum atomic E-state index is 10.4. The van der Waals surface area contributed by atoms with Gasteiger partial charge in [-0.25, -0.2) is 4.98 Å². The Morgan fingerprint density at radius 1 is 1.40 bits per heavy atom. The molecule has 0 radical (unpaired) electrons. The van der Waals surface area contributed by atoms with Crippen LogP contribution in [0.15, 0.2) is 18.3 Å². The lowest BCUT2D eigenvalue weighted by Crippen LogP contribution is -2.89. The van der Waals surface area contributed by atoms with E-state index in [1.165, 1.54) is 12.3 Å². The van der Waals surface area contributed by atoms with Gasteiger partial charge in [-0.15, -0.1) is 0 Å². The Labute approximate surface area is 87.1 Å². The fraction of sp³-hybridized carbons (Fsp3) is 0.444. The zero-order valence-corrected chi connectivity index (χ0v) is 8.30. The SMILES string of the molecule is O=[N+]([O-])c1ccc(N2CC[NH2+]CC2)nc1. The summed E-state index contributed by atoms with van der Waals surface area (Å²) in [5.74, 6) is 0.828. The van der Waals surface area contributed by atoms with Crippen molar-refractivity contribution in [2.45, 2.75) is 0 Å². The molecule has 15 heavy (non-hydrogen) atoms. The molecule has 0 bridgehead atoms. The van der Waals surface area contributed by atoms with E-state index in [2.05, 4.69) is 15.2 Å². The summed E-state index contributed by atoms with van der Waals surface area (Å²) in [5.41, 5.74) is 0.0438. The molecule has 0 aliphatic carbocycles. The highest BCUT2D eigenvalue weighted by Crippen LogP contribution is 2.15.